The van der Waals surface area contributed by atoms with Crippen LogP contribution in [0.3, 0.4) is 0 Å². The Labute approximate surface area is 134 Å². The molecule has 0 aliphatic rings. The molecule has 6 nitrogen and oxygen atoms in total. The maximum atomic E-state index is 12.0. The quantitative estimate of drug-likeness (QED) is 0.650. The lowest BCUT2D eigenvalue weighted by atomic mass is 10.0. The normalized spacial score (nSPS) is 11.6. The summed E-state index contributed by atoms with van der Waals surface area (Å²) in [5, 5.41) is 16.4. The van der Waals surface area contributed by atoms with E-state index in [1.165, 1.54) is 6.07 Å². The molecule has 0 aromatic heterocycles. The minimum absolute atomic E-state index is 0.0135. The van der Waals surface area contributed by atoms with Crippen LogP contribution in [-0.4, -0.2) is 17.5 Å². The average Bonchev–Trinajstić information content (AvgIpc) is 2.55. The Morgan fingerprint density at radius 1 is 1.17 bits per heavy atom. The highest BCUT2D eigenvalue weighted by atomic mass is 16.6. The molecule has 2 N–H and O–H groups in total. The van der Waals surface area contributed by atoms with E-state index in [1.807, 2.05) is 37.3 Å². The van der Waals surface area contributed by atoms with Crippen molar-refractivity contribution >= 4 is 17.4 Å². The molecule has 0 aliphatic heterocycles. The number of nitrogens with one attached hydrogen (secondary N) is 2. The Morgan fingerprint density at radius 3 is 2.52 bits per heavy atom. The van der Waals surface area contributed by atoms with E-state index in [4.69, 9.17) is 0 Å². The van der Waals surface area contributed by atoms with Gasteiger partial charge in [-0.15, -0.1) is 0 Å². The summed E-state index contributed by atoms with van der Waals surface area (Å²) in [4.78, 5) is 22.4. The number of nitro benzene ring substituents is 1. The zero-order valence-corrected chi connectivity index (χ0v) is 13.1. The van der Waals surface area contributed by atoms with E-state index in [1.54, 1.807) is 19.1 Å². The molecule has 0 heterocycles. The van der Waals surface area contributed by atoms with Gasteiger partial charge in [0.1, 0.15) is 0 Å². The van der Waals surface area contributed by atoms with Gasteiger partial charge in [-0.2, -0.15) is 0 Å². The van der Waals surface area contributed by atoms with Gasteiger partial charge in [-0.25, -0.2) is 4.79 Å². The van der Waals surface area contributed by atoms with E-state index in [0.717, 1.165) is 5.56 Å². The molecule has 6 heteroatoms. The Hall–Kier alpha value is -2.89. The van der Waals surface area contributed by atoms with Crippen LogP contribution in [0.1, 0.15) is 24.0 Å². The summed E-state index contributed by atoms with van der Waals surface area (Å²) in [6.45, 7) is 4.11. The summed E-state index contributed by atoms with van der Waals surface area (Å²) < 4.78 is 0. The first-order valence-corrected chi connectivity index (χ1v) is 7.33. The minimum Gasteiger partial charge on any atom is -0.337 e. The SMILES string of the molecule is Cc1c(NC(=O)NC[C@@H](C)c2ccccc2)cccc1[N+](=O)[O-]. The van der Waals surface area contributed by atoms with Crippen molar-refractivity contribution in [3.05, 3.63) is 69.8 Å². The predicted octanol–water partition coefficient (Wildman–Crippen LogP) is 3.83. The third-order valence-corrected chi connectivity index (χ3v) is 3.69. The second kappa shape index (κ2) is 7.40. The Balaban J connectivity index is 1.95. The number of anilines is 1. The lowest BCUT2D eigenvalue weighted by molar-refractivity contribution is -0.385. The molecule has 23 heavy (non-hydrogen) atoms. The first kappa shape index (κ1) is 16.5. The summed E-state index contributed by atoms with van der Waals surface area (Å²) in [6.07, 6.45) is 0. The van der Waals surface area contributed by atoms with Crippen molar-refractivity contribution in [2.45, 2.75) is 19.8 Å². The van der Waals surface area contributed by atoms with Crippen molar-refractivity contribution in [2.24, 2.45) is 0 Å². The van der Waals surface area contributed by atoms with Crippen LogP contribution < -0.4 is 10.6 Å². The minimum atomic E-state index is -0.462. The monoisotopic (exact) mass is 313 g/mol. The highest BCUT2D eigenvalue weighted by Crippen LogP contribution is 2.24. The van der Waals surface area contributed by atoms with Crippen LogP contribution in [0, 0.1) is 17.0 Å². The number of nitro groups is 1. The van der Waals surface area contributed by atoms with E-state index < -0.39 is 4.92 Å². The van der Waals surface area contributed by atoms with Crippen LogP contribution >= 0.6 is 0 Å². The van der Waals surface area contributed by atoms with Gasteiger partial charge in [-0.3, -0.25) is 10.1 Å². The number of rotatable bonds is 5. The van der Waals surface area contributed by atoms with Gasteiger partial charge in [0.05, 0.1) is 16.2 Å². The fraction of sp³-hybridized carbons (Fsp3) is 0.235. The van der Waals surface area contributed by atoms with Gasteiger partial charge in [0.25, 0.3) is 5.69 Å². The highest BCUT2D eigenvalue weighted by molar-refractivity contribution is 5.90. The van der Waals surface area contributed by atoms with Crippen molar-refractivity contribution in [1.29, 1.82) is 0 Å². The smallest absolute Gasteiger partial charge is 0.319 e. The van der Waals surface area contributed by atoms with E-state index >= 15 is 0 Å². The van der Waals surface area contributed by atoms with Crippen LogP contribution in [0.4, 0.5) is 16.2 Å². The Kier molecular flexibility index (Phi) is 5.30. The third kappa shape index (κ3) is 4.29. The molecule has 0 saturated carbocycles. The summed E-state index contributed by atoms with van der Waals surface area (Å²) in [7, 11) is 0. The highest BCUT2D eigenvalue weighted by Gasteiger charge is 2.15. The van der Waals surface area contributed by atoms with Gasteiger partial charge in [-0.05, 0) is 24.5 Å². The zero-order chi connectivity index (χ0) is 16.8. The van der Waals surface area contributed by atoms with E-state index in [2.05, 4.69) is 10.6 Å². The van der Waals surface area contributed by atoms with Crippen LogP contribution in [0.15, 0.2) is 48.5 Å². The maximum Gasteiger partial charge on any atom is 0.319 e. The number of nitrogens with zero attached hydrogens (tertiary/aromatic N) is 1. The first-order valence-electron chi connectivity index (χ1n) is 7.33. The van der Waals surface area contributed by atoms with Crippen molar-refractivity contribution < 1.29 is 9.72 Å². The fourth-order valence-corrected chi connectivity index (χ4v) is 2.27. The van der Waals surface area contributed by atoms with Gasteiger partial charge in [0.2, 0.25) is 0 Å². The van der Waals surface area contributed by atoms with Gasteiger partial charge >= 0.3 is 6.03 Å². The van der Waals surface area contributed by atoms with Gasteiger partial charge in [-0.1, -0.05) is 43.3 Å². The van der Waals surface area contributed by atoms with Crippen LogP contribution in [0.25, 0.3) is 0 Å². The largest absolute Gasteiger partial charge is 0.337 e. The molecule has 0 aliphatic carbocycles. The maximum absolute atomic E-state index is 12.0. The Bertz CT molecular complexity index is 701. The number of urea groups is 1. The van der Waals surface area contributed by atoms with Crippen molar-refractivity contribution in [2.75, 3.05) is 11.9 Å². The molecule has 2 amide bonds. The summed E-state index contributed by atoms with van der Waals surface area (Å²) >= 11 is 0. The summed E-state index contributed by atoms with van der Waals surface area (Å²) in [5.74, 6) is 0.174. The lowest BCUT2D eigenvalue weighted by Gasteiger charge is -2.14. The molecule has 120 valence electrons. The predicted molar refractivity (Wildman–Crippen MR) is 89.7 cm³/mol. The van der Waals surface area contributed by atoms with Crippen molar-refractivity contribution in [3.8, 4) is 0 Å². The molecular weight excluding hydrogens is 294 g/mol. The average molecular weight is 313 g/mol. The van der Waals surface area contributed by atoms with Crippen LogP contribution in [-0.2, 0) is 0 Å². The molecule has 2 aromatic rings. The molecule has 2 rings (SSSR count). The Morgan fingerprint density at radius 2 is 1.87 bits per heavy atom. The second-order valence-electron chi connectivity index (χ2n) is 5.35. The van der Waals surface area contributed by atoms with E-state index in [-0.39, 0.29) is 17.6 Å². The van der Waals surface area contributed by atoms with Crippen LogP contribution in [0.2, 0.25) is 0 Å². The number of carbonyl (C=O) groups is 1. The molecule has 0 saturated heterocycles. The molecule has 1 atom stereocenters. The lowest BCUT2D eigenvalue weighted by Crippen LogP contribution is -2.32. The van der Waals surface area contributed by atoms with Gasteiger partial charge in [0, 0.05) is 12.6 Å². The standard InChI is InChI=1S/C17H19N3O3/c1-12(14-7-4-3-5-8-14)11-18-17(21)19-15-9-6-10-16(13(15)2)20(22)23/h3-10,12H,11H2,1-2H3,(H2,18,19,21)/t12-/m1/s1. The van der Waals surface area contributed by atoms with Crippen molar-refractivity contribution in [3.63, 3.8) is 0 Å². The van der Waals surface area contributed by atoms with E-state index in [9.17, 15) is 14.9 Å². The number of hydrogen-bond donors (Lipinski definition) is 2. The number of benzene rings is 2. The topological polar surface area (TPSA) is 84.3 Å². The molecule has 0 fully saturated rings. The molecule has 2 aromatic carbocycles. The van der Waals surface area contributed by atoms with Crippen molar-refractivity contribution in [1.82, 2.24) is 5.32 Å². The second-order valence-corrected chi connectivity index (χ2v) is 5.35. The van der Waals surface area contributed by atoms with Crippen LogP contribution in [0.5, 0.6) is 0 Å². The third-order valence-electron chi connectivity index (χ3n) is 3.69. The first-order chi connectivity index (χ1) is 11.0. The fourth-order valence-electron chi connectivity index (χ4n) is 2.27. The molecular formula is C17H19N3O3. The molecule has 0 bridgehead atoms. The summed E-state index contributed by atoms with van der Waals surface area (Å²) in [6, 6.07) is 14.1. The van der Waals surface area contributed by atoms with E-state index in [0.29, 0.717) is 17.8 Å². The molecule has 0 radical (unpaired) electrons. The van der Waals surface area contributed by atoms with Gasteiger partial charge in [0.15, 0.2) is 0 Å². The van der Waals surface area contributed by atoms with Gasteiger partial charge < -0.3 is 10.6 Å². The molecule has 0 spiro atoms. The summed E-state index contributed by atoms with van der Waals surface area (Å²) in [5.41, 5.74) is 1.99. The zero-order valence-electron chi connectivity index (χ0n) is 13.1. The number of hydrogen-bond acceptors (Lipinski definition) is 3. The molecule has 0 unspecified atom stereocenters. The number of carbonyl (C=O) groups excluding carboxylic acids is 1. The number of amides is 2.